The summed E-state index contributed by atoms with van der Waals surface area (Å²) in [6.45, 7) is 0.154. The summed E-state index contributed by atoms with van der Waals surface area (Å²) in [4.78, 5) is 24.7. The van der Waals surface area contributed by atoms with Crippen LogP contribution in [-0.2, 0) is 14.8 Å². The number of primary amides is 1. The van der Waals surface area contributed by atoms with Gasteiger partial charge in [-0.05, 0) is 23.8 Å². The van der Waals surface area contributed by atoms with E-state index in [0.717, 1.165) is 16.4 Å². The number of rotatable bonds is 5. The van der Waals surface area contributed by atoms with Gasteiger partial charge < -0.3 is 5.73 Å². The van der Waals surface area contributed by atoms with Crippen molar-refractivity contribution in [2.24, 2.45) is 5.73 Å². The van der Waals surface area contributed by atoms with Gasteiger partial charge in [-0.15, -0.1) is 0 Å². The number of sulfonamides is 1. The van der Waals surface area contributed by atoms with Gasteiger partial charge in [0.25, 0.3) is 0 Å². The second kappa shape index (κ2) is 8.86. The summed E-state index contributed by atoms with van der Waals surface area (Å²) in [6, 6.07) is 9.02. The van der Waals surface area contributed by atoms with Gasteiger partial charge in [0, 0.05) is 26.2 Å². The number of piperazine rings is 1. The average molecular weight is 438 g/mol. The number of carbonyl (C=O) groups is 2. The van der Waals surface area contributed by atoms with Crippen molar-refractivity contribution in [1.29, 1.82) is 0 Å². The number of benzene rings is 2. The molecule has 0 aliphatic carbocycles. The number of nitrogens with one attached hydrogen (secondary N) is 1. The first-order valence-electron chi connectivity index (χ1n) is 9.04. The molecule has 1 saturated heterocycles. The van der Waals surface area contributed by atoms with Crippen LogP contribution in [0.5, 0.6) is 0 Å². The van der Waals surface area contributed by atoms with E-state index < -0.39 is 44.5 Å². The lowest BCUT2D eigenvalue weighted by Crippen LogP contribution is -2.53. The molecule has 3 amide bonds. The van der Waals surface area contributed by atoms with E-state index in [4.69, 9.17) is 5.73 Å². The third-order valence-corrected chi connectivity index (χ3v) is 6.67. The van der Waals surface area contributed by atoms with Gasteiger partial charge >= 0.3 is 6.03 Å². The minimum Gasteiger partial charge on any atom is -0.351 e. The first-order valence-corrected chi connectivity index (χ1v) is 10.5. The van der Waals surface area contributed by atoms with Gasteiger partial charge in [0.05, 0.1) is 0 Å². The fourth-order valence-corrected chi connectivity index (χ4v) is 4.87. The van der Waals surface area contributed by atoms with E-state index in [0.29, 0.717) is 11.6 Å². The molecule has 1 atom stereocenters. The molecule has 30 heavy (non-hydrogen) atoms. The summed E-state index contributed by atoms with van der Waals surface area (Å²) in [5, 5.41) is 2.05. The van der Waals surface area contributed by atoms with Gasteiger partial charge in [-0.3, -0.25) is 15.0 Å². The minimum atomic E-state index is -4.25. The van der Waals surface area contributed by atoms with Crippen molar-refractivity contribution >= 4 is 22.0 Å². The Morgan fingerprint density at radius 1 is 1.00 bits per heavy atom. The third-order valence-electron chi connectivity index (χ3n) is 4.76. The molecule has 1 heterocycles. The molecule has 0 radical (unpaired) electrons. The van der Waals surface area contributed by atoms with Crippen LogP contribution in [0.3, 0.4) is 0 Å². The number of imide groups is 1. The summed E-state index contributed by atoms with van der Waals surface area (Å²) < 4.78 is 54.0. The monoisotopic (exact) mass is 438 g/mol. The Bertz CT molecular complexity index is 1040. The van der Waals surface area contributed by atoms with Crippen LogP contribution in [0.25, 0.3) is 0 Å². The van der Waals surface area contributed by atoms with E-state index in [9.17, 15) is 26.8 Å². The van der Waals surface area contributed by atoms with Crippen molar-refractivity contribution in [3.8, 4) is 0 Å². The van der Waals surface area contributed by atoms with Crippen LogP contribution in [0.4, 0.5) is 13.6 Å². The lowest BCUT2D eigenvalue weighted by atomic mass is 10.0. The van der Waals surface area contributed by atoms with E-state index in [1.807, 2.05) is 0 Å². The number of urea groups is 1. The molecule has 11 heteroatoms. The molecule has 2 aromatic rings. The van der Waals surface area contributed by atoms with E-state index in [1.54, 1.807) is 35.2 Å². The Labute approximate surface area is 172 Å². The number of halogens is 2. The summed E-state index contributed by atoms with van der Waals surface area (Å²) in [5.74, 6) is -2.54. The van der Waals surface area contributed by atoms with Gasteiger partial charge in [-0.25, -0.2) is 22.0 Å². The molecular weight excluding hydrogens is 418 g/mol. The first kappa shape index (κ1) is 21.8. The van der Waals surface area contributed by atoms with Crippen molar-refractivity contribution < 1.29 is 26.8 Å². The smallest absolute Gasteiger partial charge is 0.318 e. The molecule has 160 valence electrons. The highest BCUT2D eigenvalue weighted by molar-refractivity contribution is 7.89. The maximum absolute atomic E-state index is 14.0. The molecule has 8 nitrogen and oxygen atoms in total. The Balaban J connectivity index is 1.80. The highest BCUT2D eigenvalue weighted by atomic mass is 32.2. The molecule has 0 bridgehead atoms. The lowest BCUT2D eigenvalue weighted by molar-refractivity contribution is -0.126. The van der Waals surface area contributed by atoms with Crippen molar-refractivity contribution in [3.63, 3.8) is 0 Å². The minimum absolute atomic E-state index is 0.0501. The second-order valence-electron chi connectivity index (χ2n) is 6.68. The van der Waals surface area contributed by atoms with Crippen LogP contribution in [0.1, 0.15) is 11.6 Å². The van der Waals surface area contributed by atoms with Crippen molar-refractivity contribution in [2.75, 3.05) is 26.2 Å². The van der Waals surface area contributed by atoms with Gasteiger partial charge in [-0.1, -0.05) is 30.3 Å². The standard InChI is InChI=1S/C19H20F2N4O4S/c20-14-6-7-15(21)16(12-14)30(28,29)25-10-8-24(9-11-25)17(18(26)23-19(22)27)13-4-2-1-3-5-13/h1-7,12,17H,8-11H2,(H3,22,23,26,27). The van der Waals surface area contributed by atoms with E-state index in [1.165, 1.54) is 0 Å². The Hall–Kier alpha value is -2.89. The van der Waals surface area contributed by atoms with Crippen molar-refractivity contribution in [3.05, 3.63) is 65.7 Å². The van der Waals surface area contributed by atoms with Crippen LogP contribution in [0.2, 0.25) is 0 Å². The Morgan fingerprint density at radius 2 is 1.63 bits per heavy atom. The van der Waals surface area contributed by atoms with Crippen molar-refractivity contribution in [1.82, 2.24) is 14.5 Å². The number of hydrogen-bond donors (Lipinski definition) is 2. The van der Waals surface area contributed by atoms with Gasteiger partial charge in [0.2, 0.25) is 15.9 Å². The highest BCUT2D eigenvalue weighted by Crippen LogP contribution is 2.26. The maximum atomic E-state index is 14.0. The number of carbonyl (C=O) groups excluding carboxylic acids is 2. The summed E-state index contributed by atoms with van der Waals surface area (Å²) in [6.07, 6.45) is 0. The molecule has 1 aliphatic rings. The van der Waals surface area contributed by atoms with E-state index in [2.05, 4.69) is 5.32 Å². The molecule has 3 N–H and O–H groups in total. The Morgan fingerprint density at radius 3 is 2.23 bits per heavy atom. The van der Waals surface area contributed by atoms with Gasteiger partial charge in [0.1, 0.15) is 22.6 Å². The van der Waals surface area contributed by atoms with Gasteiger partial charge in [-0.2, -0.15) is 4.31 Å². The van der Waals surface area contributed by atoms with E-state index >= 15 is 0 Å². The SMILES string of the molecule is NC(=O)NC(=O)C(c1ccccc1)N1CCN(S(=O)(=O)c2cc(F)ccc2F)CC1. The average Bonchev–Trinajstić information content (AvgIpc) is 2.70. The number of hydrogen-bond acceptors (Lipinski definition) is 5. The number of nitrogens with zero attached hydrogens (tertiary/aromatic N) is 2. The van der Waals surface area contributed by atoms with Crippen LogP contribution in [0.15, 0.2) is 53.4 Å². The fraction of sp³-hybridized carbons (Fsp3) is 0.263. The van der Waals surface area contributed by atoms with Crippen molar-refractivity contribution in [2.45, 2.75) is 10.9 Å². The lowest BCUT2D eigenvalue weighted by Gasteiger charge is -2.38. The molecule has 1 fully saturated rings. The molecule has 2 aromatic carbocycles. The third kappa shape index (κ3) is 4.64. The summed E-state index contributed by atoms with van der Waals surface area (Å²) in [5.41, 5.74) is 5.67. The molecule has 0 aromatic heterocycles. The summed E-state index contributed by atoms with van der Waals surface area (Å²) >= 11 is 0. The molecule has 3 rings (SSSR count). The second-order valence-corrected chi connectivity index (χ2v) is 8.59. The van der Waals surface area contributed by atoms with Crippen LogP contribution in [0, 0.1) is 11.6 Å². The zero-order valence-corrected chi connectivity index (χ0v) is 16.6. The number of nitrogens with two attached hydrogens (primary N) is 1. The predicted octanol–water partition coefficient (Wildman–Crippen LogP) is 1.21. The van der Waals surface area contributed by atoms with Crippen LogP contribution >= 0.6 is 0 Å². The maximum Gasteiger partial charge on any atom is 0.318 e. The fourth-order valence-electron chi connectivity index (χ4n) is 3.37. The van der Waals surface area contributed by atoms with Gasteiger partial charge in [0.15, 0.2) is 0 Å². The molecular formula is C19H20F2N4O4S. The normalized spacial score (nSPS) is 16.7. The zero-order chi connectivity index (χ0) is 21.9. The zero-order valence-electron chi connectivity index (χ0n) is 15.8. The summed E-state index contributed by atoms with van der Waals surface area (Å²) in [7, 11) is -4.25. The first-order chi connectivity index (χ1) is 14.2. The quantitative estimate of drug-likeness (QED) is 0.729. The molecule has 1 unspecified atom stereocenters. The molecule has 0 saturated carbocycles. The molecule has 1 aliphatic heterocycles. The topological polar surface area (TPSA) is 113 Å². The van der Waals surface area contributed by atoms with E-state index in [-0.39, 0.29) is 26.2 Å². The van der Waals surface area contributed by atoms with Crippen LogP contribution in [-0.4, -0.2) is 55.7 Å². The number of amides is 3. The van der Waals surface area contributed by atoms with Crippen LogP contribution < -0.4 is 11.1 Å². The highest BCUT2D eigenvalue weighted by Gasteiger charge is 2.35. The predicted molar refractivity (Wildman–Crippen MR) is 104 cm³/mol. The molecule has 0 spiro atoms. The Kier molecular flexibility index (Phi) is 6.44. The largest absolute Gasteiger partial charge is 0.351 e.